The Morgan fingerprint density at radius 2 is 1.74 bits per heavy atom. The van der Waals surface area contributed by atoms with Crippen LogP contribution >= 0.6 is 0 Å². The third-order valence-corrected chi connectivity index (χ3v) is 4.96. The molecule has 1 heterocycles. The zero-order chi connectivity index (χ0) is 24.1. The number of alkyl halides is 2. The Kier molecular flexibility index (Phi) is 6.77. The van der Waals surface area contributed by atoms with Gasteiger partial charge in [0.15, 0.2) is 5.82 Å². The van der Waals surface area contributed by atoms with Crippen LogP contribution in [0.5, 0.6) is 23.0 Å². The Morgan fingerprint density at radius 3 is 2.44 bits per heavy atom. The van der Waals surface area contributed by atoms with Crippen molar-refractivity contribution in [3.05, 3.63) is 71.8 Å². The van der Waals surface area contributed by atoms with E-state index in [4.69, 9.17) is 14.2 Å². The number of halogens is 2. The number of hydrogen-bond acceptors (Lipinski definition) is 6. The second-order valence-electron chi connectivity index (χ2n) is 7.11. The molecular formula is C24H21F2N3O5. The van der Waals surface area contributed by atoms with Crippen molar-refractivity contribution in [2.45, 2.75) is 13.2 Å². The van der Waals surface area contributed by atoms with Crippen LogP contribution in [0.2, 0.25) is 0 Å². The maximum atomic E-state index is 12.8. The lowest BCUT2D eigenvalue weighted by atomic mass is 10.1. The predicted molar refractivity (Wildman–Crippen MR) is 121 cm³/mol. The second kappa shape index (κ2) is 10.1. The number of carbonyl (C=O) groups is 1. The van der Waals surface area contributed by atoms with Crippen molar-refractivity contribution >= 4 is 22.6 Å². The highest BCUT2D eigenvalue weighted by Gasteiger charge is 2.15. The summed E-state index contributed by atoms with van der Waals surface area (Å²) in [5.41, 5.74) is 1.47. The van der Waals surface area contributed by atoms with Gasteiger partial charge in [-0.05, 0) is 36.4 Å². The number of hydrogen-bond donors (Lipinski definition) is 2. The average molecular weight is 469 g/mol. The van der Waals surface area contributed by atoms with Gasteiger partial charge in [-0.3, -0.25) is 9.89 Å². The summed E-state index contributed by atoms with van der Waals surface area (Å²) in [5, 5.41) is 10.4. The van der Waals surface area contributed by atoms with Gasteiger partial charge in [0.05, 0.1) is 19.7 Å². The number of anilines is 1. The van der Waals surface area contributed by atoms with Crippen LogP contribution in [0.1, 0.15) is 15.9 Å². The fourth-order valence-electron chi connectivity index (χ4n) is 3.29. The minimum absolute atomic E-state index is 0.0115. The SMILES string of the molecule is COc1cc(OC)cc(C(=O)Nc2n[nH]c3ccc(OCc4ccccc4OC(F)F)cc23)c1. The lowest BCUT2D eigenvalue weighted by molar-refractivity contribution is -0.0508. The molecular weight excluding hydrogens is 448 g/mol. The van der Waals surface area contributed by atoms with E-state index in [9.17, 15) is 13.6 Å². The van der Waals surface area contributed by atoms with Crippen molar-refractivity contribution in [3.63, 3.8) is 0 Å². The molecule has 34 heavy (non-hydrogen) atoms. The molecule has 10 heteroatoms. The van der Waals surface area contributed by atoms with Gasteiger partial charge < -0.3 is 24.3 Å². The summed E-state index contributed by atoms with van der Waals surface area (Å²) < 4.78 is 46.0. The molecule has 0 radical (unpaired) electrons. The number of benzene rings is 3. The number of ether oxygens (including phenoxy) is 4. The standard InChI is InChI=1S/C24H21F2N3O5/c1-31-17-9-15(10-18(11-17)32-2)23(30)27-22-19-12-16(7-8-20(19)28-29-22)33-13-14-5-3-4-6-21(14)34-24(25)26/h3-12,24H,13H2,1-2H3,(H2,27,28,29,30). The fourth-order valence-corrected chi connectivity index (χ4v) is 3.29. The molecule has 3 aromatic carbocycles. The van der Waals surface area contributed by atoms with E-state index < -0.39 is 12.5 Å². The number of nitrogens with zero attached hydrogens (tertiary/aromatic N) is 1. The fraction of sp³-hybridized carbons (Fsp3) is 0.167. The van der Waals surface area contributed by atoms with Gasteiger partial charge in [-0.2, -0.15) is 13.9 Å². The summed E-state index contributed by atoms with van der Waals surface area (Å²) in [4.78, 5) is 12.8. The predicted octanol–water partition coefficient (Wildman–Crippen LogP) is 5.01. The van der Waals surface area contributed by atoms with Crippen LogP contribution in [0.3, 0.4) is 0 Å². The molecule has 0 aliphatic rings. The molecule has 2 N–H and O–H groups in total. The van der Waals surface area contributed by atoms with Crippen LogP contribution in [0.4, 0.5) is 14.6 Å². The van der Waals surface area contributed by atoms with Gasteiger partial charge in [-0.25, -0.2) is 0 Å². The van der Waals surface area contributed by atoms with Gasteiger partial charge in [0.2, 0.25) is 0 Å². The Balaban J connectivity index is 1.53. The molecule has 0 unspecified atom stereocenters. The zero-order valence-electron chi connectivity index (χ0n) is 18.3. The van der Waals surface area contributed by atoms with Crippen molar-refractivity contribution in [1.82, 2.24) is 10.2 Å². The maximum Gasteiger partial charge on any atom is 0.387 e. The number of carbonyl (C=O) groups excluding carboxylic acids is 1. The molecule has 1 aromatic heterocycles. The topological polar surface area (TPSA) is 94.7 Å². The monoisotopic (exact) mass is 469 g/mol. The first-order valence-corrected chi connectivity index (χ1v) is 10.1. The first kappa shape index (κ1) is 22.8. The third-order valence-electron chi connectivity index (χ3n) is 4.96. The highest BCUT2D eigenvalue weighted by atomic mass is 19.3. The smallest absolute Gasteiger partial charge is 0.387 e. The quantitative estimate of drug-likeness (QED) is 0.358. The van der Waals surface area contributed by atoms with Crippen LogP contribution in [-0.2, 0) is 6.61 Å². The molecule has 176 valence electrons. The van der Waals surface area contributed by atoms with E-state index in [0.717, 1.165) is 0 Å². The maximum absolute atomic E-state index is 12.8. The Hall–Kier alpha value is -4.34. The molecule has 0 bridgehead atoms. The summed E-state index contributed by atoms with van der Waals surface area (Å²) in [7, 11) is 2.99. The lowest BCUT2D eigenvalue weighted by Crippen LogP contribution is -2.12. The minimum atomic E-state index is -2.93. The first-order chi connectivity index (χ1) is 16.5. The minimum Gasteiger partial charge on any atom is -0.497 e. The first-order valence-electron chi connectivity index (χ1n) is 10.1. The molecule has 0 aliphatic carbocycles. The van der Waals surface area contributed by atoms with Crippen molar-refractivity contribution in [1.29, 1.82) is 0 Å². The number of para-hydroxylation sites is 1. The van der Waals surface area contributed by atoms with Crippen molar-refractivity contribution < 1.29 is 32.5 Å². The van der Waals surface area contributed by atoms with E-state index in [-0.39, 0.29) is 12.4 Å². The van der Waals surface area contributed by atoms with E-state index in [1.54, 1.807) is 54.6 Å². The average Bonchev–Trinajstić information content (AvgIpc) is 3.24. The van der Waals surface area contributed by atoms with Crippen LogP contribution < -0.4 is 24.3 Å². The van der Waals surface area contributed by atoms with Gasteiger partial charge in [0.1, 0.15) is 29.6 Å². The second-order valence-corrected chi connectivity index (χ2v) is 7.11. The summed E-state index contributed by atoms with van der Waals surface area (Å²) in [6.45, 7) is -2.92. The van der Waals surface area contributed by atoms with E-state index in [2.05, 4.69) is 20.3 Å². The summed E-state index contributed by atoms with van der Waals surface area (Å²) in [6.07, 6.45) is 0. The number of aromatic nitrogens is 2. The molecule has 0 aliphatic heterocycles. The van der Waals surface area contributed by atoms with Crippen molar-refractivity contribution in [3.8, 4) is 23.0 Å². The Bertz CT molecular complexity index is 1290. The Labute approximate surface area is 193 Å². The molecule has 4 aromatic rings. The van der Waals surface area contributed by atoms with Gasteiger partial charge in [0, 0.05) is 22.6 Å². The van der Waals surface area contributed by atoms with E-state index in [0.29, 0.717) is 45.1 Å². The van der Waals surface area contributed by atoms with Crippen LogP contribution in [0.15, 0.2) is 60.7 Å². The molecule has 0 saturated heterocycles. The molecule has 8 nitrogen and oxygen atoms in total. The van der Waals surface area contributed by atoms with Gasteiger partial charge in [-0.1, -0.05) is 18.2 Å². The van der Waals surface area contributed by atoms with Crippen LogP contribution in [0, 0.1) is 0 Å². The number of rotatable bonds is 9. The van der Waals surface area contributed by atoms with Gasteiger partial charge in [-0.15, -0.1) is 0 Å². The zero-order valence-corrected chi connectivity index (χ0v) is 18.3. The number of nitrogens with one attached hydrogen (secondary N) is 2. The van der Waals surface area contributed by atoms with Crippen molar-refractivity contribution in [2.24, 2.45) is 0 Å². The van der Waals surface area contributed by atoms with E-state index in [1.165, 1.54) is 20.3 Å². The summed E-state index contributed by atoms with van der Waals surface area (Å²) >= 11 is 0. The van der Waals surface area contributed by atoms with Crippen LogP contribution in [0.25, 0.3) is 10.9 Å². The number of methoxy groups -OCH3 is 2. The molecule has 1 amide bonds. The Morgan fingerprint density at radius 1 is 1.00 bits per heavy atom. The number of amides is 1. The lowest BCUT2D eigenvalue weighted by Gasteiger charge is -2.12. The number of aromatic amines is 1. The molecule has 0 spiro atoms. The highest BCUT2D eigenvalue weighted by Crippen LogP contribution is 2.29. The molecule has 4 rings (SSSR count). The van der Waals surface area contributed by atoms with Gasteiger partial charge in [0.25, 0.3) is 5.91 Å². The van der Waals surface area contributed by atoms with Gasteiger partial charge >= 0.3 is 6.61 Å². The number of fused-ring (bicyclic) bond motifs is 1. The van der Waals surface area contributed by atoms with E-state index >= 15 is 0 Å². The number of H-pyrrole nitrogens is 1. The van der Waals surface area contributed by atoms with Crippen LogP contribution in [-0.4, -0.2) is 36.9 Å². The molecule has 0 saturated carbocycles. The third kappa shape index (κ3) is 5.17. The normalized spacial score (nSPS) is 10.9. The summed E-state index contributed by atoms with van der Waals surface area (Å²) in [5.74, 6) is 1.35. The molecule has 0 fully saturated rings. The van der Waals surface area contributed by atoms with Crippen molar-refractivity contribution in [2.75, 3.05) is 19.5 Å². The largest absolute Gasteiger partial charge is 0.497 e. The highest BCUT2D eigenvalue weighted by molar-refractivity contribution is 6.08. The summed E-state index contributed by atoms with van der Waals surface area (Å²) in [6, 6.07) is 16.4. The molecule has 0 atom stereocenters. The van der Waals surface area contributed by atoms with E-state index in [1.807, 2.05) is 0 Å².